The SMILES string of the molecule is COc1ccc(-c2nc3c(s2)C(O)CC(C)(C)C3)cc1. The van der Waals surface area contributed by atoms with Crippen molar-refractivity contribution in [1.82, 2.24) is 4.98 Å². The van der Waals surface area contributed by atoms with Crippen LogP contribution in [0.2, 0.25) is 0 Å². The zero-order chi connectivity index (χ0) is 14.3. The Labute approximate surface area is 123 Å². The van der Waals surface area contributed by atoms with Crippen molar-refractivity contribution in [2.45, 2.75) is 32.8 Å². The van der Waals surface area contributed by atoms with Crippen molar-refractivity contribution in [1.29, 1.82) is 0 Å². The maximum atomic E-state index is 10.3. The number of hydrogen-bond acceptors (Lipinski definition) is 4. The number of nitrogens with zero attached hydrogens (tertiary/aromatic N) is 1. The van der Waals surface area contributed by atoms with E-state index < -0.39 is 0 Å². The number of ether oxygens (including phenoxy) is 1. The Morgan fingerprint density at radius 2 is 2.00 bits per heavy atom. The first-order chi connectivity index (χ1) is 9.48. The molecule has 0 aliphatic heterocycles. The van der Waals surface area contributed by atoms with Crippen LogP contribution < -0.4 is 4.74 Å². The third-order valence-electron chi connectivity index (χ3n) is 3.76. The molecular formula is C16H19NO2S. The maximum Gasteiger partial charge on any atom is 0.123 e. The molecule has 0 amide bonds. The van der Waals surface area contributed by atoms with Gasteiger partial charge >= 0.3 is 0 Å². The minimum absolute atomic E-state index is 0.123. The Hall–Kier alpha value is -1.39. The van der Waals surface area contributed by atoms with Gasteiger partial charge in [-0.05, 0) is 42.5 Å². The van der Waals surface area contributed by atoms with Crippen molar-refractivity contribution in [2.24, 2.45) is 5.41 Å². The molecule has 1 aliphatic carbocycles. The van der Waals surface area contributed by atoms with Crippen molar-refractivity contribution in [3.8, 4) is 16.3 Å². The smallest absolute Gasteiger partial charge is 0.123 e. The van der Waals surface area contributed by atoms with Crippen LogP contribution >= 0.6 is 11.3 Å². The molecule has 0 saturated carbocycles. The first-order valence-corrected chi connectivity index (χ1v) is 7.62. The summed E-state index contributed by atoms with van der Waals surface area (Å²) in [5, 5.41) is 11.3. The molecule has 0 radical (unpaired) electrons. The highest BCUT2D eigenvalue weighted by Gasteiger charge is 2.34. The second kappa shape index (κ2) is 4.86. The lowest BCUT2D eigenvalue weighted by Crippen LogP contribution is -2.24. The molecular weight excluding hydrogens is 270 g/mol. The molecule has 1 aromatic heterocycles. The van der Waals surface area contributed by atoms with Crippen molar-refractivity contribution >= 4 is 11.3 Å². The lowest BCUT2D eigenvalue weighted by molar-refractivity contribution is 0.102. The number of hydrogen-bond donors (Lipinski definition) is 1. The molecule has 0 spiro atoms. The predicted octanol–water partition coefficient (Wildman–Crippen LogP) is 3.82. The van der Waals surface area contributed by atoms with E-state index in [4.69, 9.17) is 9.72 Å². The fraction of sp³-hybridized carbons (Fsp3) is 0.438. The average Bonchev–Trinajstić information content (AvgIpc) is 2.81. The Morgan fingerprint density at radius 3 is 2.65 bits per heavy atom. The summed E-state index contributed by atoms with van der Waals surface area (Å²) < 4.78 is 5.17. The lowest BCUT2D eigenvalue weighted by atomic mass is 9.77. The molecule has 2 aromatic rings. The Bertz CT molecular complexity index is 616. The number of rotatable bonds is 2. The van der Waals surface area contributed by atoms with E-state index in [0.29, 0.717) is 0 Å². The van der Waals surface area contributed by atoms with Crippen LogP contribution in [0.1, 0.15) is 36.9 Å². The van der Waals surface area contributed by atoms with Crippen molar-refractivity contribution in [3.63, 3.8) is 0 Å². The quantitative estimate of drug-likeness (QED) is 0.913. The van der Waals surface area contributed by atoms with Crippen LogP contribution in [0.25, 0.3) is 10.6 Å². The maximum absolute atomic E-state index is 10.3. The van der Waals surface area contributed by atoms with Gasteiger partial charge < -0.3 is 9.84 Å². The van der Waals surface area contributed by atoms with Crippen LogP contribution in [0.4, 0.5) is 0 Å². The minimum atomic E-state index is -0.377. The second-order valence-electron chi connectivity index (χ2n) is 6.12. The molecule has 3 rings (SSSR count). The molecule has 20 heavy (non-hydrogen) atoms. The van der Waals surface area contributed by atoms with Crippen LogP contribution in [0.3, 0.4) is 0 Å². The van der Waals surface area contributed by atoms with Gasteiger partial charge in [0.25, 0.3) is 0 Å². The van der Waals surface area contributed by atoms with Crippen LogP contribution in [0, 0.1) is 5.41 Å². The first kappa shape index (κ1) is 13.6. The van der Waals surface area contributed by atoms with Gasteiger partial charge in [0.05, 0.1) is 23.8 Å². The van der Waals surface area contributed by atoms with Crippen LogP contribution in [-0.2, 0) is 6.42 Å². The summed E-state index contributed by atoms with van der Waals surface area (Å²) in [7, 11) is 1.66. The summed E-state index contributed by atoms with van der Waals surface area (Å²) in [4.78, 5) is 5.78. The zero-order valence-corrected chi connectivity index (χ0v) is 12.8. The predicted molar refractivity (Wildman–Crippen MR) is 81.2 cm³/mol. The van der Waals surface area contributed by atoms with Crippen molar-refractivity contribution in [2.75, 3.05) is 7.11 Å². The third kappa shape index (κ3) is 2.45. The van der Waals surface area contributed by atoms with Gasteiger partial charge in [0.2, 0.25) is 0 Å². The average molecular weight is 289 g/mol. The molecule has 0 saturated heterocycles. The number of aliphatic hydroxyl groups is 1. The Balaban J connectivity index is 1.96. The molecule has 1 heterocycles. The summed E-state index contributed by atoms with van der Waals surface area (Å²) in [5.74, 6) is 0.844. The zero-order valence-electron chi connectivity index (χ0n) is 12.0. The molecule has 0 bridgehead atoms. The highest BCUT2D eigenvalue weighted by Crippen LogP contribution is 2.44. The highest BCUT2D eigenvalue weighted by atomic mass is 32.1. The van der Waals surface area contributed by atoms with Gasteiger partial charge in [0.15, 0.2) is 0 Å². The van der Waals surface area contributed by atoms with Gasteiger partial charge in [0.1, 0.15) is 10.8 Å². The van der Waals surface area contributed by atoms with Gasteiger partial charge in [-0.25, -0.2) is 4.98 Å². The monoisotopic (exact) mass is 289 g/mol. The molecule has 1 N–H and O–H groups in total. The molecule has 1 unspecified atom stereocenters. The number of aliphatic hydroxyl groups excluding tert-OH is 1. The standard InChI is InChI=1S/C16H19NO2S/c1-16(2)8-12-14(13(18)9-16)20-15(17-12)10-4-6-11(19-3)7-5-10/h4-7,13,18H,8-9H2,1-3H3. The van der Waals surface area contributed by atoms with Crippen LogP contribution in [0.5, 0.6) is 5.75 Å². The fourth-order valence-electron chi connectivity index (χ4n) is 2.75. The first-order valence-electron chi connectivity index (χ1n) is 6.80. The van der Waals surface area contributed by atoms with E-state index in [2.05, 4.69) is 13.8 Å². The van der Waals surface area contributed by atoms with E-state index >= 15 is 0 Å². The van der Waals surface area contributed by atoms with Gasteiger partial charge in [-0.3, -0.25) is 0 Å². The van der Waals surface area contributed by atoms with E-state index in [-0.39, 0.29) is 11.5 Å². The number of benzene rings is 1. The van der Waals surface area contributed by atoms with E-state index in [1.54, 1.807) is 18.4 Å². The largest absolute Gasteiger partial charge is 0.497 e. The van der Waals surface area contributed by atoms with E-state index in [0.717, 1.165) is 39.7 Å². The normalized spacial score (nSPS) is 20.5. The van der Waals surface area contributed by atoms with E-state index in [1.165, 1.54) is 0 Å². The summed E-state index contributed by atoms with van der Waals surface area (Å²) in [6.45, 7) is 4.37. The third-order valence-corrected chi connectivity index (χ3v) is 5.01. The topological polar surface area (TPSA) is 42.4 Å². The number of methoxy groups -OCH3 is 1. The van der Waals surface area contributed by atoms with Gasteiger partial charge in [-0.1, -0.05) is 13.8 Å². The minimum Gasteiger partial charge on any atom is -0.497 e. The summed E-state index contributed by atoms with van der Waals surface area (Å²) in [5.41, 5.74) is 2.26. The van der Waals surface area contributed by atoms with Gasteiger partial charge in [0, 0.05) is 5.56 Å². The summed E-state index contributed by atoms with van der Waals surface area (Å²) >= 11 is 1.61. The van der Waals surface area contributed by atoms with Gasteiger partial charge in [-0.15, -0.1) is 11.3 Å². The number of aromatic nitrogens is 1. The Kier molecular flexibility index (Phi) is 3.30. The van der Waals surface area contributed by atoms with Crippen molar-refractivity contribution in [3.05, 3.63) is 34.8 Å². The van der Waals surface area contributed by atoms with E-state index in [9.17, 15) is 5.11 Å². The second-order valence-corrected chi connectivity index (χ2v) is 7.15. The molecule has 1 aliphatic rings. The van der Waals surface area contributed by atoms with Crippen LogP contribution in [0.15, 0.2) is 24.3 Å². The highest BCUT2D eigenvalue weighted by molar-refractivity contribution is 7.15. The van der Waals surface area contributed by atoms with Crippen LogP contribution in [-0.4, -0.2) is 17.2 Å². The van der Waals surface area contributed by atoms with Gasteiger partial charge in [-0.2, -0.15) is 0 Å². The molecule has 4 heteroatoms. The molecule has 3 nitrogen and oxygen atoms in total. The lowest BCUT2D eigenvalue weighted by Gasteiger charge is -2.31. The molecule has 1 atom stereocenters. The Morgan fingerprint density at radius 1 is 1.30 bits per heavy atom. The number of thiazole rings is 1. The summed E-state index contributed by atoms with van der Waals surface area (Å²) in [6.07, 6.45) is 1.37. The van der Waals surface area contributed by atoms with Crippen molar-refractivity contribution < 1.29 is 9.84 Å². The summed E-state index contributed by atoms with van der Waals surface area (Å²) in [6, 6.07) is 7.91. The number of fused-ring (bicyclic) bond motifs is 1. The molecule has 106 valence electrons. The molecule has 1 aromatic carbocycles. The van der Waals surface area contributed by atoms with E-state index in [1.807, 2.05) is 24.3 Å². The molecule has 0 fully saturated rings. The fourth-order valence-corrected chi connectivity index (χ4v) is 3.82.